The predicted molar refractivity (Wildman–Crippen MR) is 94.3 cm³/mol. The second kappa shape index (κ2) is 6.43. The van der Waals surface area contributed by atoms with Gasteiger partial charge in [0, 0.05) is 13.5 Å². The van der Waals surface area contributed by atoms with Crippen molar-refractivity contribution in [2.45, 2.75) is 18.8 Å². The zero-order valence-corrected chi connectivity index (χ0v) is 14.8. The van der Waals surface area contributed by atoms with Gasteiger partial charge in [-0.2, -0.15) is 31.4 Å². The molecule has 0 spiro atoms. The van der Waals surface area contributed by atoms with E-state index in [0.717, 1.165) is 16.8 Å². The average molecular weight is 410 g/mol. The van der Waals surface area contributed by atoms with Crippen molar-refractivity contribution in [3.63, 3.8) is 0 Å². The number of hydrogen-bond acceptors (Lipinski definition) is 3. The van der Waals surface area contributed by atoms with Crippen LogP contribution in [0.4, 0.5) is 26.3 Å². The summed E-state index contributed by atoms with van der Waals surface area (Å²) >= 11 is 0. The number of halogens is 6. The molecule has 0 saturated heterocycles. The summed E-state index contributed by atoms with van der Waals surface area (Å²) in [4.78, 5) is 8.47. The fourth-order valence-electron chi connectivity index (χ4n) is 3.17. The first-order valence-electron chi connectivity index (χ1n) is 8.41. The Hall–Kier alpha value is -3.17. The van der Waals surface area contributed by atoms with Crippen LogP contribution in [0.25, 0.3) is 5.57 Å². The normalized spacial score (nSPS) is 16.8. The van der Waals surface area contributed by atoms with Gasteiger partial charge in [0.05, 0.1) is 17.0 Å². The highest BCUT2D eigenvalue weighted by atomic mass is 19.4. The van der Waals surface area contributed by atoms with E-state index in [4.69, 9.17) is 0 Å². The zero-order chi connectivity index (χ0) is 21.0. The van der Waals surface area contributed by atoms with Crippen LogP contribution in [-0.4, -0.2) is 21.3 Å². The van der Waals surface area contributed by atoms with Crippen molar-refractivity contribution in [3.8, 4) is 0 Å². The van der Waals surface area contributed by atoms with Crippen LogP contribution in [-0.2, 0) is 19.4 Å². The van der Waals surface area contributed by atoms with Gasteiger partial charge in [-0.25, -0.2) is 9.98 Å². The second-order valence-corrected chi connectivity index (χ2v) is 6.47. The molecule has 4 rings (SSSR count). The summed E-state index contributed by atoms with van der Waals surface area (Å²) < 4.78 is 79.5. The molecule has 4 nitrogen and oxygen atoms in total. The Morgan fingerprint density at radius 3 is 2.34 bits per heavy atom. The SMILES string of the molecule is Cn1nc(C(F)(F)F)cc1C1=NC2=CC(c3ccccc3C(F)(F)F)=CCC2=N1. The minimum Gasteiger partial charge on any atom is -0.264 e. The molecule has 0 saturated carbocycles. The highest BCUT2D eigenvalue weighted by Crippen LogP contribution is 2.37. The third-order valence-corrected chi connectivity index (χ3v) is 4.51. The number of aliphatic imine (C=N–C) groups is 2. The van der Waals surface area contributed by atoms with Crippen LogP contribution in [0.3, 0.4) is 0 Å². The van der Waals surface area contributed by atoms with Crippen LogP contribution in [0, 0.1) is 0 Å². The number of allylic oxidation sites excluding steroid dienone is 4. The van der Waals surface area contributed by atoms with E-state index in [1.165, 1.54) is 31.3 Å². The largest absolute Gasteiger partial charge is 0.435 e. The molecule has 1 aromatic heterocycles. The fourth-order valence-corrected chi connectivity index (χ4v) is 3.17. The molecule has 2 heterocycles. The molecule has 0 amide bonds. The van der Waals surface area contributed by atoms with E-state index >= 15 is 0 Å². The van der Waals surface area contributed by atoms with Crippen molar-refractivity contribution in [1.82, 2.24) is 9.78 Å². The summed E-state index contributed by atoms with van der Waals surface area (Å²) in [6, 6.07) is 6.02. The summed E-state index contributed by atoms with van der Waals surface area (Å²) in [5.74, 6) is 0.0375. The van der Waals surface area contributed by atoms with E-state index < -0.39 is 23.6 Å². The highest BCUT2D eigenvalue weighted by molar-refractivity contribution is 6.19. The van der Waals surface area contributed by atoms with Gasteiger partial charge < -0.3 is 0 Å². The minimum absolute atomic E-state index is 0.00934. The molecule has 0 N–H and O–H groups in total. The Balaban J connectivity index is 1.71. The lowest BCUT2D eigenvalue weighted by atomic mass is 9.93. The van der Waals surface area contributed by atoms with Gasteiger partial charge in [-0.15, -0.1) is 0 Å². The summed E-state index contributed by atoms with van der Waals surface area (Å²) in [6.07, 6.45) is -5.86. The molecule has 2 aliphatic rings. The van der Waals surface area contributed by atoms with Gasteiger partial charge in [0.2, 0.25) is 0 Å². The lowest BCUT2D eigenvalue weighted by molar-refractivity contribution is -0.141. The molecule has 1 aromatic carbocycles. The zero-order valence-electron chi connectivity index (χ0n) is 14.8. The summed E-state index contributed by atoms with van der Waals surface area (Å²) in [6.45, 7) is 0. The Bertz CT molecular complexity index is 1110. The first-order valence-corrected chi connectivity index (χ1v) is 8.41. The highest BCUT2D eigenvalue weighted by Gasteiger charge is 2.36. The van der Waals surface area contributed by atoms with Crippen LogP contribution in [0.2, 0.25) is 0 Å². The van der Waals surface area contributed by atoms with E-state index in [-0.39, 0.29) is 23.5 Å². The Morgan fingerprint density at radius 1 is 0.966 bits per heavy atom. The molecule has 0 atom stereocenters. The van der Waals surface area contributed by atoms with Crippen LogP contribution in [0.5, 0.6) is 0 Å². The molecule has 2 aromatic rings. The number of hydrogen-bond donors (Lipinski definition) is 0. The average Bonchev–Trinajstić information content (AvgIpc) is 3.23. The minimum atomic E-state index is -4.61. The summed E-state index contributed by atoms with van der Waals surface area (Å²) in [5, 5.41) is 3.43. The number of aromatic nitrogens is 2. The maximum atomic E-state index is 13.3. The number of amidine groups is 1. The van der Waals surface area contributed by atoms with E-state index in [2.05, 4.69) is 15.1 Å². The predicted octanol–water partition coefficient (Wildman–Crippen LogP) is 5.03. The maximum Gasteiger partial charge on any atom is 0.435 e. The van der Waals surface area contributed by atoms with Crippen LogP contribution in [0.1, 0.15) is 28.9 Å². The monoisotopic (exact) mass is 410 g/mol. The molecule has 1 aliphatic heterocycles. The Kier molecular flexibility index (Phi) is 4.25. The molecule has 29 heavy (non-hydrogen) atoms. The molecule has 0 bridgehead atoms. The number of rotatable bonds is 2. The smallest absolute Gasteiger partial charge is 0.264 e. The van der Waals surface area contributed by atoms with Gasteiger partial charge in [-0.1, -0.05) is 24.3 Å². The molecule has 0 radical (unpaired) electrons. The van der Waals surface area contributed by atoms with E-state index in [9.17, 15) is 26.3 Å². The fraction of sp³-hybridized carbons (Fsp3) is 0.211. The van der Waals surface area contributed by atoms with Crippen LogP contribution in [0.15, 0.2) is 58.2 Å². The number of fused-ring (bicyclic) bond motifs is 1. The van der Waals surface area contributed by atoms with Crippen LogP contribution < -0.4 is 0 Å². The van der Waals surface area contributed by atoms with E-state index in [0.29, 0.717) is 17.0 Å². The lowest BCUT2D eigenvalue weighted by Gasteiger charge is -2.16. The van der Waals surface area contributed by atoms with Gasteiger partial charge in [0.1, 0.15) is 5.69 Å². The first-order chi connectivity index (χ1) is 13.5. The quantitative estimate of drug-likeness (QED) is 0.641. The number of alkyl halides is 6. The third-order valence-electron chi connectivity index (χ3n) is 4.51. The first kappa shape index (κ1) is 19.2. The molecule has 0 fully saturated rings. The van der Waals surface area contributed by atoms with Gasteiger partial charge in [-0.05, 0) is 29.3 Å². The van der Waals surface area contributed by atoms with Crippen molar-refractivity contribution in [2.24, 2.45) is 17.0 Å². The molecular weight excluding hydrogens is 398 g/mol. The van der Waals surface area contributed by atoms with Gasteiger partial charge in [-0.3, -0.25) is 4.68 Å². The topological polar surface area (TPSA) is 42.5 Å². The maximum absolute atomic E-state index is 13.3. The van der Waals surface area contributed by atoms with Crippen molar-refractivity contribution in [2.75, 3.05) is 0 Å². The van der Waals surface area contributed by atoms with Gasteiger partial charge in [0.25, 0.3) is 0 Å². The lowest BCUT2D eigenvalue weighted by Crippen LogP contribution is -2.10. The molecule has 0 unspecified atom stereocenters. The molecule has 150 valence electrons. The van der Waals surface area contributed by atoms with Crippen molar-refractivity contribution < 1.29 is 26.3 Å². The summed E-state index contributed by atoms with van der Waals surface area (Å²) in [5.41, 5.74) is -0.635. The van der Waals surface area contributed by atoms with Crippen molar-refractivity contribution >= 4 is 17.1 Å². The number of nitrogens with zero attached hydrogens (tertiary/aromatic N) is 4. The molecule has 10 heteroatoms. The standard InChI is InChI=1S/C19H12F6N4/c1-29-15(9-16(28-29)19(23,24)25)17-26-13-7-6-10(8-14(13)27-17)11-4-2-3-5-12(11)18(20,21)22/h2-6,8-9H,7H2,1H3. The molecular formula is C19H12F6N4. The van der Waals surface area contributed by atoms with Crippen LogP contribution >= 0.6 is 0 Å². The Labute approximate surface area is 160 Å². The second-order valence-electron chi connectivity index (χ2n) is 6.47. The van der Waals surface area contributed by atoms with E-state index in [1.807, 2.05) is 0 Å². The van der Waals surface area contributed by atoms with Crippen molar-refractivity contribution in [1.29, 1.82) is 0 Å². The van der Waals surface area contributed by atoms with E-state index in [1.54, 1.807) is 6.08 Å². The summed E-state index contributed by atoms with van der Waals surface area (Å²) in [7, 11) is 1.34. The number of aryl methyl sites for hydroxylation is 1. The third kappa shape index (κ3) is 3.50. The number of benzene rings is 1. The van der Waals surface area contributed by atoms with Gasteiger partial charge >= 0.3 is 12.4 Å². The van der Waals surface area contributed by atoms with Gasteiger partial charge in [0.15, 0.2) is 11.5 Å². The molecule has 1 aliphatic carbocycles. The Morgan fingerprint density at radius 2 is 1.69 bits per heavy atom. The van der Waals surface area contributed by atoms with Crippen molar-refractivity contribution in [3.05, 3.63) is 70.7 Å².